The first-order chi connectivity index (χ1) is 15.0. The van der Waals surface area contributed by atoms with Crippen LogP contribution in [0.1, 0.15) is 3.58 Å². The molecule has 0 bridgehead atoms. The minimum absolute atomic E-state index is 0.214. The van der Waals surface area contributed by atoms with Gasteiger partial charge in [0.15, 0.2) is 0 Å². The molecule has 0 radical (unpaired) electrons. The first kappa shape index (κ1) is 20.5. The van der Waals surface area contributed by atoms with Crippen molar-refractivity contribution in [1.82, 2.24) is 9.80 Å². The molecule has 1 fully saturated rings. The molecule has 1 saturated heterocycles. The fourth-order valence-electron chi connectivity index (χ4n) is 3.60. The van der Waals surface area contributed by atoms with Gasteiger partial charge in [0, 0.05) is 0 Å². The Balaban J connectivity index is 1.57. The molecule has 8 heteroatoms. The van der Waals surface area contributed by atoms with Crippen molar-refractivity contribution in [2.75, 3.05) is 19.0 Å². The van der Waals surface area contributed by atoms with Crippen LogP contribution >= 0.6 is 0 Å². The van der Waals surface area contributed by atoms with E-state index < -0.39 is 20.4 Å². The Morgan fingerprint density at radius 1 is 0.839 bits per heavy atom. The van der Waals surface area contributed by atoms with Crippen molar-refractivity contribution < 1.29 is 14.3 Å². The number of amides is 2. The second-order valence-electron chi connectivity index (χ2n) is 7.12. The summed E-state index contributed by atoms with van der Waals surface area (Å²) < 4.78 is 8.95. The van der Waals surface area contributed by atoms with Crippen LogP contribution in [-0.4, -0.2) is 81.8 Å². The van der Waals surface area contributed by atoms with Gasteiger partial charge in [0.1, 0.15) is 0 Å². The molecule has 0 N–H and O–H groups in total. The molecule has 31 heavy (non-hydrogen) atoms. The number of anilines is 3. The number of ether oxygens (including phenoxy) is 1. The summed E-state index contributed by atoms with van der Waals surface area (Å²) in [4.78, 5) is 30.7. The van der Waals surface area contributed by atoms with Gasteiger partial charge >= 0.3 is 203 Å². The molecule has 154 valence electrons. The monoisotopic (exact) mass is 643 g/mol. The topological polar surface area (TPSA) is 53.1 Å². The zero-order chi connectivity index (χ0) is 21.7. The van der Waals surface area contributed by atoms with Crippen LogP contribution in [0.15, 0.2) is 66.2 Å². The van der Waals surface area contributed by atoms with Crippen LogP contribution in [0.3, 0.4) is 0 Å². The Hall–Kier alpha value is -2.35. The van der Waals surface area contributed by atoms with Gasteiger partial charge in [-0.05, 0) is 0 Å². The third-order valence-corrected chi connectivity index (χ3v) is 9.66. The zero-order valence-electron chi connectivity index (χ0n) is 16.7. The molecular formula is C23H17N3O3Te2. The molecule has 2 aromatic carbocycles. The van der Waals surface area contributed by atoms with Gasteiger partial charge in [0.2, 0.25) is 0 Å². The van der Waals surface area contributed by atoms with Crippen LogP contribution < -0.4 is 9.64 Å². The second-order valence-corrected chi connectivity index (χ2v) is 11.3. The van der Waals surface area contributed by atoms with Crippen molar-refractivity contribution in [2.24, 2.45) is 0 Å². The van der Waals surface area contributed by atoms with Gasteiger partial charge < -0.3 is 0 Å². The van der Waals surface area contributed by atoms with Crippen LogP contribution in [0.2, 0.25) is 0 Å². The number of carbonyl (C=O) groups is 2. The Bertz CT molecular complexity index is 1210. The number of fused-ring (bicyclic) bond motifs is 2. The predicted molar refractivity (Wildman–Crippen MR) is 122 cm³/mol. The third kappa shape index (κ3) is 3.45. The number of nitrogens with zero attached hydrogens (tertiary/aromatic N) is 3. The van der Waals surface area contributed by atoms with Crippen LogP contribution in [0.5, 0.6) is 11.5 Å². The van der Waals surface area contributed by atoms with E-state index in [0.29, 0.717) is 3.80 Å². The fraction of sp³-hybridized carbons (Fsp3) is 0.0870. The Morgan fingerprint density at radius 3 is 1.97 bits per heavy atom. The van der Waals surface area contributed by atoms with Crippen molar-refractivity contribution >= 4 is 79.0 Å². The van der Waals surface area contributed by atoms with E-state index in [0.717, 1.165) is 26.5 Å². The van der Waals surface area contributed by atoms with E-state index in [1.807, 2.05) is 54.6 Å². The van der Waals surface area contributed by atoms with Crippen molar-refractivity contribution in [3.63, 3.8) is 0 Å². The van der Waals surface area contributed by atoms with E-state index in [9.17, 15) is 9.59 Å². The van der Waals surface area contributed by atoms with Gasteiger partial charge in [-0.25, -0.2) is 0 Å². The SMILES string of the molecule is CN1C(=O)C(=Cc2ccc(N3c4ccccc4Oc4ccccc43)[te]2)C(=O)N(C)C1=[Te]. The van der Waals surface area contributed by atoms with Crippen molar-refractivity contribution in [3.05, 3.63) is 69.8 Å². The number of benzene rings is 2. The van der Waals surface area contributed by atoms with E-state index >= 15 is 0 Å². The van der Waals surface area contributed by atoms with E-state index in [1.54, 1.807) is 42.0 Å². The summed E-state index contributed by atoms with van der Waals surface area (Å²) in [7, 11) is 3.39. The Labute approximate surface area is 202 Å². The van der Waals surface area contributed by atoms with Gasteiger partial charge in [-0.1, -0.05) is 0 Å². The van der Waals surface area contributed by atoms with Gasteiger partial charge in [0.05, 0.1) is 0 Å². The van der Waals surface area contributed by atoms with E-state index in [2.05, 4.69) is 11.0 Å². The summed E-state index contributed by atoms with van der Waals surface area (Å²) in [5, 5.41) is 0. The average Bonchev–Trinajstić information content (AvgIpc) is 3.25. The molecule has 2 aliphatic heterocycles. The quantitative estimate of drug-likeness (QED) is 0.193. The number of para-hydroxylation sites is 4. The molecule has 0 aliphatic carbocycles. The van der Waals surface area contributed by atoms with Crippen LogP contribution in [-0.2, 0) is 9.59 Å². The van der Waals surface area contributed by atoms with E-state index in [4.69, 9.17) is 4.74 Å². The summed E-state index contributed by atoms with van der Waals surface area (Å²) in [6.45, 7) is 0. The number of hydrogen-bond donors (Lipinski definition) is 0. The molecule has 3 heterocycles. The molecule has 2 amide bonds. The molecule has 1 aromatic heterocycles. The van der Waals surface area contributed by atoms with Crippen LogP contribution in [0.4, 0.5) is 15.1 Å². The van der Waals surface area contributed by atoms with Crippen LogP contribution in [0.25, 0.3) is 6.08 Å². The fourth-order valence-corrected chi connectivity index (χ4v) is 6.87. The maximum atomic E-state index is 12.7. The number of carbonyl (C=O) groups excluding carboxylic acids is 2. The summed E-state index contributed by atoms with van der Waals surface area (Å²) in [5.41, 5.74) is 2.20. The number of likely N-dealkylation sites (N-methyl/N-ethyl adjacent to an activating group) is 2. The summed E-state index contributed by atoms with van der Waals surface area (Å²) in [5.74, 6) is 1.11. The molecule has 0 unspecified atom stereocenters. The van der Waals surface area contributed by atoms with Gasteiger partial charge in [-0.2, -0.15) is 0 Å². The number of hydrogen-bond acceptors (Lipinski definition) is 4. The standard InChI is InChI=1S/C23H17N3O3Te2/c1-24-21(27)15(22(28)25(2)23(24)30)13-14-11-12-20(31-14)26-16-7-3-5-9-18(16)29-19-10-6-4-8-17(19)26/h3-13H,1-2H3. The summed E-state index contributed by atoms with van der Waals surface area (Å²) >= 11 is 0.861. The number of rotatable bonds is 2. The molecular weight excluding hydrogens is 621 g/mol. The van der Waals surface area contributed by atoms with Gasteiger partial charge in [-0.15, -0.1) is 0 Å². The van der Waals surface area contributed by atoms with Crippen LogP contribution in [0, 0.1) is 0 Å². The van der Waals surface area contributed by atoms with Crippen molar-refractivity contribution in [3.8, 4) is 11.5 Å². The first-order valence-corrected chi connectivity index (χ1v) is 13.0. The Kier molecular flexibility index (Phi) is 5.28. The average molecular weight is 639 g/mol. The molecule has 3 aromatic rings. The summed E-state index contributed by atoms with van der Waals surface area (Å²) in [6, 6.07) is 20.1. The Morgan fingerprint density at radius 2 is 1.39 bits per heavy atom. The molecule has 0 saturated carbocycles. The van der Waals surface area contributed by atoms with E-state index in [-0.39, 0.29) is 17.4 Å². The van der Waals surface area contributed by atoms with Crippen molar-refractivity contribution in [2.45, 2.75) is 0 Å². The van der Waals surface area contributed by atoms with E-state index in [1.165, 1.54) is 13.5 Å². The molecule has 2 aliphatic rings. The second kappa shape index (κ2) is 7.97. The predicted octanol–water partition coefficient (Wildman–Crippen LogP) is 2.89. The maximum absolute atomic E-state index is 12.7. The van der Waals surface area contributed by atoms with Crippen molar-refractivity contribution in [1.29, 1.82) is 0 Å². The van der Waals surface area contributed by atoms with Gasteiger partial charge in [-0.3, -0.25) is 0 Å². The third-order valence-electron chi connectivity index (χ3n) is 5.20. The minimum atomic E-state index is -0.824. The normalized spacial score (nSPS) is 15.6. The zero-order valence-corrected chi connectivity index (χ0v) is 21.4. The van der Waals surface area contributed by atoms with Gasteiger partial charge in [0.25, 0.3) is 0 Å². The molecule has 0 atom stereocenters. The summed E-state index contributed by atoms with van der Waals surface area (Å²) in [6.07, 6.45) is 1.77. The molecule has 5 rings (SSSR count). The molecule has 0 spiro atoms. The first-order valence-electron chi connectivity index (χ1n) is 9.53. The molecule has 6 nitrogen and oxygen atoms in total.